The molecule has 0 aromatic carbocycles. The highest BCUT2D eigenvalue weighted by atomic mass is 35.5. The number of amides is 7. The van der Waals surface area contributed by atoms with Crippen molar-refractivity contribution in [3.05, 3.63) is 56.8 Å². The van der Waals surface area contributed by atoms with E-state index in [2.05, 4.69) is 74.3 Å². The van der Waals surface area contributed by atoms with Crippen LogP contribution >= 0.6 is 22.7 Å². The molecular formula is C44H67ClN16O10S3. The van der Waals surface area contributed by atoms with Crippen molar-refractivity contribution in [2.45, 2.75) is 95.5 Å². The van der Waals surface area contributed by atoms with Crippen LogP contribution in [0.4, 0.5) is 5.82 Å². The van der Waals surface area contributed by atoms with Crippen LogP contribution in [0.5, 0.6) is 0 Å². The summed E-state index contributed by atoms with van der Waals surface area (Å²) in [6.45, 7) is 5.99. The number of nitrogens with one attached hydrogen (secondary N) is 7. The van der Waals surface area contributed by atoms with Gasteiger partial charge in [0.1, 0.15) is 57.7 Å². The summed E-state index contributed by atoms with van der Waals surface area (Å²) >= 11 is 2.62. The quantitative estimate of drug-likeness (QED) is 0.0178. The maximum Gasteiger partial charge on any atom is 0.271 e. The van der Waals surface area contributed by atoms with Crippen molar-refractivity contribution in [2.24, 2.45) is 23.1 Å². The van der Waals surface area contributed by atoms with Crippen LogP contribution in [-0.2, 0) is 41.3 Å². The number of aliphatic hydroxyl groups is 3. The van der Waals surface area contributed by atoms with Gasteiger partial charge >= 0.3 is 0 Å². The first-order valence-electron chi connectivity index (χ1n) is 23.0. The number of H-pyrrole nitrogens is 1. The van der Waals surface area contributed by atoms with Gasteiger partial charge in [-0.05, 0) is 31.7 Å². The van der Waals surface area contributed by atoms with Crippen molar-refractivity contribution < 1.29 is 61.3 Å². The summed E-state index contributed by atoms with van der Waals surface area (Å²) in [5.74, 6) is -5.56. The zero-order valence-electron chi connectivity index (χ0n) is 42.2. The lowest BCUT2D eigenvalue weighted by Crippen LogP contribution is -3.00. The van der Waals surface area contributed by atoms with Crippen LogP contribution in [0.3, 0.4) is 0 Å². The summed E-state index contributed by atoms with van der Waals surface area (Å²) in [5, 5.41) is 54.0. The minimum Gasteiger partial charge on any atom is -1.00 e. The normalized spacial score (nSPS) is 14.9. The first-order valence-corrected chi connectivity index (χ1v) is 26.9. The highest BCUT2D eigenvalue weighted by Gasteiger charge is 2.37. The summed E-state index contributed by atoms with van der Waals surface area (Å²) < 4.78 is 0. The standard InChI is InChI=1S/C44H66N16O10S3.ClH/c1-20-31(56-37(59-38(20)60(5)6)25(14-29(46)62)51-15-24(45)36(47)65)42(69)58-33(35(64)26-16-48-19-52-26)43(70)53-22(3)34(63)21(2)39(66)57-32(23(4)61)41(68)50-12-10-30-54-28(18-71-30)44-55-27(17-72-44)40(67)49-11-9-13-73(7)8;/h16-19,21-25,32-35,51,61,63-64H,9-15,45H2,1-8H3,(H9-,46,47,48,49,50,52,53,57,58,62,65,66,67,68,69,70);1H/t21-,22+,23+,24-,25-,32-,33-,34-,35-;/m0./s1. The number of aromatic amines is 1. The van der Waals surface area contributed by atoms with E-state index in [0.717, 1.165) is 12.2 Å². The summed E-state index contributed by atoms with van der Waals surface area (Å²) in [4.78, 5) is 117. The van der Waals surface area contributed by atoms with Gasteiger partial charge in [0.05, 0.1) is 72.0 Å². The lowest BCUT2D eigenvalue weighted by Gasteiger charge is -2.30. The van der Waals surface area contributed by atoms with Crippen molar-refractivity contribution in [1.82, 2.24) is 61.8 Å². The van der Waals surface area contributed by atoms with Gasteiger partial charge in [-0.3, -0.25) is 33.6 Å². The van der Waals surface area contributed by atoms with Gasteiger partial charge in [0.2, 0.25) is 29.5 Å². The van der Waals surface area contributed by atoms with E-state index in [-0.39, 0.29) is 66.4 Å². The van der Waals surface area contributed by atoms with Crippen LogP contribution in [0.1, 0.15) is 88.8 Å². The molecule has 408 valence electrons. The maximum absolute atomic E-state index is 14.2. The van der Waals surface area contributed by atoms with E-state index in [9.17, 15) is 48.9 Å². The Labute approximate surface area is 444 Å². The van der Waals surface area contributed by atoms with Crippen molar-refractivity contribution in [3.63, 3.8) is 0 Å². The molecule has 0 bridgehead atoms. The van der Waals surface area contributed by atoms with E-state index in [4.69, 9.17) is 17.2 Å². The molecule has 0 unspecified atom stereocenters. The minimum absolute atomic E-state index is 0. The van der Waals surface area contributed by atoms with Crippen molar-refractivity contribution in [2.75, 3.05) is 56.9 Å². The number of nitrogens with two attached hydrogens (primary N) is 3. The maximum atomic E-state index is 14.2. The van der Waals surface area contributed by atoms with E-state index in [1.807, 2.05) is 0 Å². The number of nitrogens with zero attached hydrogens (tertiary/aromatic N) is 6. The third-order valence-electron chi connectivity index (χ3n) is 11.2. The molecule has 4 heterocycles. The van der Waals surface area contributed by atoms with Gasteiger partial charge in [-0.25, -0.2) is 24.9 Å². The fourth-order valence-corrected chi connectivity index (χ4v) is 9.36. The van der Waals surface area contributed by atoms with E-state index in [1.54, 1.807) is 29.8 Å². The molecular weight excluding hydrogens is 1040 g/mol. The summed E-state index contributed by atoms with van der Waals surface area (Å²) in [7, 11) is 3.56. The highest BCUT2D eigenvalue weighted by molar-refractivity contribution is 7.95. The zero-order valence-corrected chi connectivity index (χ0v) is 45.4. The van der Waals surface area contributed by atoms with E-state index < -0.39 is 89.9 Å². The number of thiazole rings is 2. The average molecular weight is 1110 g/mol. The van der Waals surface area contributed by atoms with Crippen molar-refractivity contribution in [3.8, 4) is 10.7 Å². The third-order valence-corrected chi connectivity index (χ3v) is 14.1. The number of hydrogen-bond acceptors (Lipinski definition) is 20. The monoisotopic (exact) mass is 1110 g/mol. The van der Waals surface area contributed by atoms with Crippen molar-refractivity contribution >= 4 is 80.7 Å². The van der Waals surface area contributed by atoms with Gasteiger partial charge in [-0.2, -0.15) is 0 Å². The van der Waals surface area contributed by atoms with E-state index in [0.29, 0.717) is 45.3 Å². The zero-order chi connectivity index (χ0) is 54.3. The van der Waals surface area contributed by atoms with Gasteiger partial charge in [0.25, 0.3) is 11.8 Å². The Morgan fingerprint density at radius 2 is 1.55 bits per heavy atom. The Balaban J connectivity index is 0.0000144. The van der Waals surface area contributed by atoms with Crippen LogP contribution in [0.25, 0.3) is 10.7 Å². The van der Waals surface area contributed by atoms with E-state index >= 15 is 0 Å². The minimum atomic E-state index is -1.79. The second-order valence-corrected chi connectivity index (χ2v) is 21.8. The molecule has 0 radical (unpaired) electrons. The third kappa shape index (κ3) is 17.9. The first kappa shape index (κ1) is 62.4. The Kier molecular flexibility index (Phi) is 24.7. The number of primary amides is 2. The molecule has 4 rings (SSSR count). The first-order chi connectivity index (χ1) is 34.4. The number of imidazole rings is 1. The molecule has 0 fully saturated rings. The summed E-state index contributed by atoms with van der Waals surface area (Å²) in [6.07, 6.45) is 2.81. The largest absolute Gasteiger partial charge is 1.00 e. The molecule has 16 N–H and O–H groups in total. The molecule has 26 nitrogen and oxygen atoms in total. The molecule has 4 aromatic heterocycles. The molecule has 0 aliphatic carbocycles. The SMILES string of the molecule is Cc1c(C(=O)N[C@H](C(=O)N[C@H](C)[C@@H](O)[C@H](C)C(=O)N[C@H](C(=O)NCCc2nc(-c3nc(C(=O)NCCC[S+](C)C)cs3)cs2)[C@@H](C)O)[C@@H](O)c2cnc[nH]2)nc([C@H](CC(N)=O)NC[C@H](N)C(N)=O)nc1N(C)C.[Cl-]. The lowest BCUT2D eigenvalue weighted by molar-refractivity contribution is -0.136. The molecule has 30 heteroatoms. The Bertz CT molecular complexity index is 2530. The fraction of sp³-hybridized carbons (Fsp3) is 0.545. The molecule has 0 aliphatic rings. The van der Waals surface area contributed by atoms with E-state index in [1.165, 1.54) is 62.9 Å². The number of aromatic nitrogens is 6. The number of halogens is 1. The molecule has 0 saturated carbocycles. The predicted octanol–water partition coefficient (Wildman–Crippen LogP) is -5.97. The molecule has 0 saturated heterocycles. The molecule has 74 heavy (non-hydrogen) atoms. The van der Waals surface area contributed by atoms with Gasteiger partial charge in [0, 0.05) is 69.3 Å². The number of hydrogen-bond donors (Lipinski definition) is 13. The molecule has 7 amide bonds. The van der Waals surface area contributed by atoms with Gasteiger partial charge in [0.15, 0.2) is 0 Å². The summed E-state index contributed by atoms with van der Waals surface area (Å²) in [5.41, 5.74) is 17.5. The van der Waals surface area contributed by atoms with Crippen LogP contribution in [0, 0.1) is 12.8 Å². The van der Waals surface area contributed by atoms with Crippen LogP contribution in [0.15, 0.2) is 23.3 Å². The number of aliphatic hydroxyl groups excluding tert-OH is 3. The van der Waals surface area contributed by atoms with Gasteiger partial charge in [-0.15, -0.1) is 22.7 Å². The highest BCUT2D eigenvalue weighted by Crippen LogP contribution is 2.27. The lowest BCUT2D eigenvalue weighted by atomic mass is 9.96. The second kappa shape index (κ2) is 29.2. The number of rotatable bonds is 29. The molecule has 0 aliphatic heterocycles. The predicted molar refractivity (Wildman–Crippen MR) is 275 cm³/mol. The van der Waals surface area contributed by atoms with Crippen LogP contribution in [0.2, 0.25) is 0 Å². The van der Waals surface area contributed by atoms with Crippen LogP contribution < -0.4 is 66.4 Å². The van der Waals surface area contributed by atoms with Gasteiger partial charge in [-0.1, -0.05) is 6.92 Å². The fourth-order valence-electron chi connectivity index (χ4n) is 7.02. The number of anilines is 1. The number of carbonyl (C=O) groups excluding carboxylic acids is 7. The Hall–Kier alpha value is -5.92. The number of carbonyl (C=O) groups is 7. The topological polar surface area (TPSA) is 414 Å². The Morgan fingerprint density at radius 3 is 2.16 bits per heavy atom. The van der Waals surface area contributed by atoms with Gasteiger partial charge < -0.3 is 86.7 Å². The Morgan fingerprint density at radius 1 is 0.851 bits per heavy atom. The molecule has 0 spiro atoms. The molecule has 9 atom stereocenters. The summed E-state index contributed by atoms with van der Waals surface area (Å²) in [6, 6.07) is -6.68. The smallest absolute Gasteiger partial charge is 0.271 e. The van der Waals surface area contributed by atoms with Crippen LogP contribution in [-0.4, -0.2) is 175 Å². The average Bonchev–Trinajstić information content (AvgIpc) is 4.15. The van der Waals surface area contributed by atoms with Crippen molar-refractivity contribution in [1.29, 1.82) is 0 Å². The second-order valence-electron chi connectivity index (χ2n) is 17.6. The molecule has 4 aromatic rings.